The molecule has 0 amide bonds. The van der Waals surface area contributed by atoms with Gasteiger partial charge in [-0.2, -0.15) is 8.42 Å². The monoisotopic (exact) mass is 1100 g/mol. The Hall–Kier alpha value is -5.61. The van der Waals surface area contributed by atoms with Gasteiger partial charge >= 0.3 is 0 Å². The summed E-state index contributed by atoms with van der Waals surface area (Å²) >= 11 is 0. The Balaban J connectivity index is 0.827. The van der Waals surface area contributed by atoms with E-state index in [-0.39, 0.29) is 34.4 Å². The minimum Gasteiger partial charge on any atom is -0.491 e. The molecule has 0 aliphatic rings. The van der Waals surface area contributed by atoms with Crippen LogP contribution in [0, 0.1) is 6.92 Å². The van der Waals surface area contributed by atoms with Crippen LogP contribution in [0.4, 0.5) is 0 Å². The largest absolute Gasteiger partial charge is 0.491 e. The van der Waals surface area contributed by atoms with Gasteiger partial charge in [-0.1, -0.05) is 165 Å². The normalized spacial score (nSPS) is 12.4. The van der Waals surface area contributed by atoms with Crippen LogP contribution in [0.15, 0.2) is 150 Å². The van der Waals surface area contributed by atoms with Crippen molar-refractivity contribution in [2.45, 2.75) is 95.8 Å². The van der Waals surface area contributed by atoms with Crippen LogP contribution >= 0.6 is 0 Å². The summed E-state index contributed by atoms with van der Waals surface area (Å²) in [7, 11) is -3.80. The van der Waals surface area contributed by atoms with Crippen LogP contribution in [-0.2, 0) is 64.4 Å². The Labute approximate surface area is 472 Å². The second-order valence-corrected chi connectivity index (χ2v) is 24.2. The standard InChI is InChI=1S/C66H86O12S/c1-51-11-33-62(34-12-51)79(67,68)78-50-46-74-42-38-70-37-41-73-45-49-77-61-31-29-60(30-32-61)76-48-44-72-40-36-69-35-39-71-43-47-75-59-27-25-58(26-28-59)66(55-19-13-52(14-20-55)63(2,3)4,56-21-15-53(16-22-56)64(5,6)7)57-23-17-54(18-24-57)65(8,9)10/h11-34H,35-50H2,1-10H3. The first kappa shape index (κ1) is 62.6. The number of benzene rings is 6. The van der Waals surface area contributed by atoms with Gasteiger partial charge < -0.3 is 42.6 Å². The average Bonchev–Trinajstić information content (AvgIpc) is 3.61. The molecule has 6 rings (SSSR count). The summed E-state index contributed by atoms with van der Waals surface area (Å²) in [6.07, 6.45) is 0. The summed E-state index contributed by atoms with van der Waals surface area (Å²) < 4.78 is 80.9. The molecule has 12 nitrogen and oxygen atoms in total. The maximum absolute atomic E-state index is 12.2. The Morgan fingerprint density at radius 2 is 0.519 bits per heavy atom. The van der Waals surface area contributed by atoms with Gasteiger partial charge in [0.2, 0.25) is 0 Å². The quantitative estimate of drug-likeness (QED) is 0.0221. The summed E-state index contributed by atoms with van der Waals surface area (Å²) in [5, 5.41) is 0. The second kappa shape index (κ2) is 30.3. The average molecular weight is 1100 g/mol. The summed E-state index contributed by atoms with van der Waals surface area (Å²) in [6, 6.07) is 50.2. The van der Waals surface area contributed by atoms with E-state index in [0.717, 1.165) is 22.6 Å². The third-order valence-electron chi connectivity index (χ3n) is 13.4. The molecule has 79 heavy (non-hydrogen) atoms. The molecule has 428 valence electrons. The van der Waals surface area contributed by atoms with Gasteiger partial charge in [-0.3, -0.25) is 4.18 Å². The number of rotatable bonds is 33. The molecule has 0 unspecified atom stereocenters. The van der Waals surface area contributed by atoms with Gasteiger partial charge in [0.05, 0.1) is 96.2 Å². The van der Waals surface area contributed by atoms with Crippen molar-refractivity contribution in [3.8, 4) is 17.2 Å². The topological polar surface area (TPSA) is 126 Å². The number of hydrogen-bond acceptors (Lipinski definition) is 12. The van der Waals surface area contributed by atoms with E-state index in [0.29, 0.717) is 98.2 Å². The van der Waals surface area contributed by atoms with Crippen molar-refractivity contribution in [3.05, 3.63) is 190 Å². The van der Waals surface area contributed by atoms with Crippen molar-refractivity contribution in [3.63, 3.8) is 0 Å². The minimum atomic E-state index is -3.80. The molecule has 6 aromatic carbocycles. The first-order chi connectivity index (χ1) is 37.8. The minimum absolute atomic E-state index is 0.0289. The lowest BCUT2D eigenvalue weighted by atomic mass is 9.64. The molecule has 0 aliphatic carbocycles. The van der Waals surface area contributed by atoms with Crippen molar-refractivity contribution in [1.82, 2.24) is 0 Å². The molecule has 0 N–H and O–H groups in total. The van der Waals surface area contributed by atoms with Crippen LogP contribution in [0.3, 0.4) is 0 Å². The lowest BCUT2D eigenvalue weighted by Gasteiger charge is -2.38. The molecule has 0 saturated carbocycles. The van der Waals surface area contributed by atoms with E-state index < -0.39 is 15.5 Å². The van der Waals surface area contributed by atoms with Crippen molar-refractivity contribution in [2.75, 3.05) is 106 Å². The highest BCUT2D eigenvalue weighted by atomic mass is 32.2. The van der Waals surface area contributed by atoms with Crippen LogP contribution in [0.2, 0.25) is 0 Å². The smallest absolute Gasteiger partial charge is 0.297 e. The van der Waals surface area contributed by atoms with Crippen molar-refractivity contribution >= 4 is 10.1 Å². The molecule has 0 bridgehead atoms. The fraction of sp³-hybridized carbons (Fsp3) is 0.455. The Bertz CT molecular complexity index is 2640. The predicted octanol–water partition coefficient (Wildman–Crippen LogP) is 12.6. The number of hydrogen-bond donors (Lipinski definition) is 0. The van der Waals surface area contributed by atoms with Crippen LogP contribution in [-0.4, -0.2) is 114 Å². The third-order valence-corrected chi connectivity index (χ3v) is 14.7. The molecule has 0 radical (unpaired) electrons. The molecule has 0 aromatic heterocycles. The van der Waals surface area contributed by atoms with Crippen LogP contribution in [0.1, 0.15) is 107 Å². The predicted molar refractivity (Wildman–Crippen MR) is 313 cm³/mol. The summed E-state index contributed by atoms with van der Waals surface area (Å²) in [5.74, 6) is 2.22. The molecule has 0 atom stereocenters. The van der Waals surface area contributed by atoms with Gasteiger partial charge in [-0.15, -0.1) is 0 Å². The molecule has 0 aliphatic heterocycles. The Kier molecular flexibility index (Phi) is 24.0. The van der Waals surface area contributed by atoms with Crippen molar-refractivity contribution in [2.24, 2.45) is 0 Å². The first-order valence-electron chi connectivity index (χ1n) is 27.6. The third kappa shape index (κ3) is 19.6. The molecular weight excluding hydrogens is 1020 g/mol. The SMILES string of the molecule is Cc1ccc(S(=O)(=O)OCCOCCOCCOCCOc2ccc(OCCOCCOCCOCCOc3ccc(C(c4ccc(C(C)(C)C)cc4)(c4ccc(C(C)(C)C)cc4)c4ccc(C(C)(C)C)cc4)cc3)cc2)cc1. The van der Waals surface area contributed by atoms with E-state index in [9.17, 15) is 8.42 Å². The fourth-order valence-corrected chi connectivity index (χ4v) is 9.70. The number of ether oxygens (including phenoxy) is 9. The summed E-state index contributed by atoms with van der Waals surface area (Å²) in [6.45, 7) is 28.1. The van der Waals surface area contributed by atoms with Crippen molar-refractivity contribution in [1.29, 1.82) is 0 Å². The highest BCUT2D eigenvalue weighted by molar-refractivity contribution is 7.86. The van der Waals surface area contributed by atoms with Gasteiger partial charge in [-0.05, 0) is 111 Å². The Morgan fingerprint density at radius 3 is 0.797 bits per heavy atom. The van der Waals surface area contributed by atoms with Crippen LogP contribution in [0.25, 0.3) is 0 Å². The maximum atomic E-state index is 12.2. The van der Waals surface area contributed by atoms with Crippen molar-refractivity contribution < 1.29 is 55.2 Å². The lowest BCUT2D eigenvalue weighted by Crippen LogP contribution is -2.31. The van der Waals surface area contributed by atoms with E-state index in [1.54, 1.807) is 12.1 Å². The van der Waals surface area contributed by atoms with Crippen LogP contribution in [0.5, 0.6) is 17.2 Å². The molecule has 13 heteroatoms. The molecule has 6 aromatic rings. The highest BCUT2D eigenvalue weighted by Crippen LogP contribution is 2.47. The summed E-state index contributed by atoms with van der Waals surface area (Å²) in [4.78, 5) is 0.123. The van der Waals surface area contributed by atoms with Gasteiger partial charge in [0.1, 0.15) is 37.1 Å². The molecule has 0 heterocycles. The van der Waals surface area contributed by atoms with E-state index in [2.05, 4.69) is 159 Å². The van der Waals surface area contributed by atoms with E-state index in [1.165, 1.54) is 45.5 Å². The molecular formula is C66H86O12S. The number of aryl methyl sites for hydroxylation is 1. The maximum Gasteiger partial charge on any atom is 0.297 e. The van der Waals surface area contributed by atoms with Gasteiger partial charge in [0.15, 0.2) is 0 Å². The first-order valence-corrected chi connectivity index (χ1v) is 29.0. The summed E-state index contributed by atoms with van der Waals surface area (Å²) in [5.41, 5.74) is 9.16. The van der Waals surface area contributed by atoms with E-state index >= 15 is 0 Å². The molecule has 0 fully saturated rings. The fourth-order valence-electron chi connectivity index (χ4n) is 8.81. The van der Waals surface area contributed by atoms with Gasteiger partial charge in [-0.25, -0.2) is 0 Å². The van der Waals surface area contributed by atoms with E-state index in [1.807, 2.05) is 31.2 Å². The zero-order valence-corrected chi connectivity index (χ0v) is 49.3. The zero-order chi connectivity index (χ0) is 56.8. The lowest BCUT2D eigenvalue weighted by molar-refractivity contribution is 0.00492. The molecule has 0 spiro atoms. The second-order valence-electron chi connectivity index (χ2n) is 22.5. The Morgan fingerprint density at radius 1 is 0.291 bits per heavy atom. The molecule has 0 saturated heterocycles. The highest BCUT2D eigenvalue weighted by Gasteiger charge is 2.39. The van der Waals surface area contributed by atoms with Gasteiger partial charge in [0.25, 0.3) is 10.1 Å². The van der Waals surface area contributed by atoms with Gasteiger partial charge in [0, 0.05) is 0 Å². The van der Waals surface area contributed by atoms with E-state index in [4.69, 9.17) is 46.8 Å². The van der Waals surface area contributed by atoms with Crippen LogP contribution < -0.4 is 14.2 Å². The zero-order valence-electron chi connectivity index (χ0n) is 48.5.